The summed E-state index contributed by atoms with van der Waals surface area (Å²) in [6, 6.07) is 17.5. The third-order valence-corrected chi connectivity index (χ3v) is 5.82. The summed E-state index contributed by atoms with van der Waals surface area (Å²) in [7, 11) is 3.77. The third-order valence-electron chi connectivity index (χ3n) is 5.82. The van der Waals surface area contributed by atoms with Crippen LogP contribution in [0.15, 0.2) is 54.6 Å². The van der Waals surface area contributed by atoms with Gasteiger partial charge in [0.05, 0.1) is 24.4 Å². The zero-order valence-electron chi connectivity index (χ0n) is 19.0. The summed E-state index contributed by atoms with van der Waals surface area (Å²) in [5.41, 5.74) is 4.16. The topological polar surface area (TPSA) is 70.6 Å². The standard InChI is InChI=1S/C25H29N5O2/c1-17-15-18(2)27-25(26-17)28-21-11-7-5-9-19(21)24(31)30-14-13-29(3)22(16-30)20-10-6-8-12-23(20)32-4/h5-12,15,22H,13-14,16H2,1-4H3,(H,26,27,28). The van der Waals surface area contributed by atoms with E-state index in [-0.39, 0.29) is 11.9 Å². The van der Waals surface area contributed by atoms with Crippen molar-refractivity contribution in [3.63, 3.8) is 0 Å². The number of ether oxygens (including phenoxy) is 1. The van der Waals surface area contributed by atoms with Gasteiger partial charge in [-0.3, -0.25) is 9.69 Å². The molecule has 1 aromatic heterocycles. The second-order valence-electron chi connectivity index (χ2n) is 8.13. The van der Waals surface area contributed by atoms with E-state index in [0.29, 0.717) is 30.3 Å². The third kappa shape index (κ3) is 4.57. The Kier molecular flexibility index (Phi) is 6.37. The lowest BCUT2D eigenvalue weighted by Crippen LogP contribution is -2.49. The highest BCUT2D eigenvalue weighted by molar-refractivity contribution is 6.00. The molecule has 1 saturated heterocycles. The second kappa shape index (κ2) is 9.36. The van der Waals surface area contributed by atoms with Crippen LogP contribution >= 0.6 is 0 Å². The molecule has 32 heavy (non-hydrogen) atoms. The lowest BCUT2D eigenvalue weighted by Gasteiger charge is -2.40. The zero-order valence-corrected chi connectivity index (χ0v) is 19.0. The fourth-order valence-electron chi connectivity index (χ4n) is 4.19. The summed E-state index contributed by atoms with van der Waals surface area (Å²) in [6.45, 7) is 5.89. The van der Waals surface area contributed by atoms with Crippen LogP contribution in [0.3, 0.4) is 0 Å². The number of aromatic nitrogens is 2. The number of hydrogen-bond donors (Lipinski definition) is 1. The Hall–Kier alpha value is -3.45. The van der Waals surface area contributed by atoms with Gasteiger partial charge in [0, 0.05) is 36.6 Å². The van der Waals surface area contributed by atoms with Crippen LogP contribution < -0.4 is 10.1 Å². The smallest absolute Gasteiger partial charge is 0.256 e. The number of likely N-dealkylation sites (N-methyl/N-ethyl adjacent to an activating group) is 1. The van der Waals surface area contributed by atoms with Crippen LogP contribution in [0, 0.1) is 13.8 Å². The number of para-hydroxylation sites is 2. The predicted octanol–water partition coefficient (Wildman–Crippen LogP) is 3.97. The van der Waals surface area contributed by atoms with E-state index in [4.69, 9.17) is 4.74 Å². The van der Waals surface area contributed by atoms with Gasteiger partial charge in [0.15, 0.2) is 0 Å². The van der Waals surface area contributed by atoms with Crippen molar-refractivity contribution in [2.45, 2.75) is 19.9 Å². The normalized spacial score (nSPS) is 16.6. The van der Waals surface area contributed by atoms with Crippen molar-refractivity contribution in [3.05, 3.63) is 77.1 Å². The van der Waals surface area contributed by atoms with E-state index in [2.05, 4.69) is 33.3 Å². The van der Waals surface area contributed by atoms with Crippen molar-refractivity contribution >= 4 is 17.5 Å². The molecule has 1 fully saturated rings. The molecule has 7 nitrogen and oxygen atoms in total. The number of nitrogens with one attached hydrogen (secondary N) is 1. The van der Waals surface area contributed by atoms with Gasteiger partial charge in [0.2, 0.25) is 5.95 Å². The van der Waals surface area contributed by atoms with E-state index in [1.54, 1.807) is 7.11 Å². The molecule has 1 unspecified atom stereocenters. The monoisotopic (exact) mass is 431 g/mol. The number of hydrogen-bond acceptors (Lipinski definition) is 6. The Morgan fingerprint density at radius 2 is 1.72 bits per heavy atom. The molecule has 1 aliphatic rings. The summed E-state index contributed by atoms with van der Waals surface area (Å²) in [4.78, 5) is 26.7. The molecule has 4 rings (SSSR count). The lowest BCUT2D eigenvalue weighted by molar-refractivity contribution is 0.0543. The average molecular weight is 432 g/mol. The number of anilines is 2. The van der Waals surface area contributed by atoms with Crippen molar-refractivity contribution < 1.29 is 9.53 Å². The van der Waals surface area contributed by atoms with Gasteiger partial charge in [-0.15, -0.1) is 0 Å². The molecule has 0 saturated carbocycles. The average Bonchev–Trinajstić information content (AvgIpc) is 2.78. The quantitative estimate of drug-likeness (QED) is 0.659. The first-order chi connectivity index (χ1) is 15.5. The number of benzene rings is 2. The van der Waals surface area contributed by atoms with E-state index >= 15 is 0 Å². The molecule has 2 heterocycles. The molecule has 3 aromatic rings. The van der Waals surface area contributed by atoms with Crippen LogP contribution in [-0.4, -0.2) is 59.5 Å². The first kappa shape index (κ1) is 21.8. The molecule has 1 amide bonds. The number of methoxy groups -OCH3 is 1. The first-order valence-corrected chi connectivity index (χ1v) is 10.8. The van der Waals surface area contributed by atoms with Gasteiger partial charge < -0.3 is 15.0 Å². The van der Waals surface area contributed by atoms with E-state index in [0.717, 1.165) is 29.2 Å². The van der Waals surface area contributed by atoms with Gasteiger partial charge in [-0.25, -0.2) is 9.97 Å². The van der Waals surface area contributed by atoms with Gasteiger partial charge in [-0.05, 0) is 45.2 Å². The van der Waals surface area contributed by atoms with E-state index in [9.17, 15) is 4.79 Å². The Bertz CT molecular complexity index is 1100. The number of carbonyl (C=O) groups is 1. The number of carbonyl (C=O) groups excluding carboxylic acids is 1. The molecule has 0 bridgehead atoms. The Morgan fingerprint density at radius 1 is 1.03 bits per heavy atom. The molecule has 0 aliphatic carbocycles. The SMILES string of the molecule is COc1ccccc1C1CN(C(=O)c2ccccc2Nc2nc(C)cc(C)n2)CCN1C. The summed E-state index contributed by atoms with van der Waals surface area (Å²) < 4.78 is 5.58. The lowest BCUT2D eigenvalue weighted by atomic mass is 10.0. The van der Waals surface area contributed by atoms with Crippen molar-refractivity contribution in [2.24, 2.45) is 0 Å². The Morgan fingerprint density at radius 3 is 2.47 bits per heavy atom. The highest BCUT2D eigenvalue weighted by Gasteiger charge is 2.31. The predicted molar refractivity (Wildman–Crippen MR) is 125 cm³/mol. The highest BCUT2D eigenvalue weighted by Crippen LogP contribution is 2.32. The number of nitrogens with zero attached hydrogens (tertiary/aromatic N) is 4. The zero-order chi connectivity index (χ0) is 22.7. The molecular weight excluding hydrogens is 402 g/mol. The van der Waals surface area contributed by atoms with Crippen molar-refractivity contribution in [1.82, 2.24) is 19.8 Å². The molecule has 1 N–H and O–H groups in total. The second-order valence-corrected chi connectivity index (χ2v) is 8.13. The number of aryl methyl sites for hydroxylation is 2. The van der Waals surface area contributed by atoms with E-state index in [1.165, 1.54) is 0 Å². The van der Waals surface area contributed by atoms with Gasteiger partial charge in [0.1, 0.15) is 5.75 Å². The molecule has 2 aromatic carbocycles. The maximum atomic E-state index is 13.6. The summed E-state index contributed by atoms with van der Waals surface area (Å²) in [5.74, 6) is 1.33. The number of piperazine rings is 1. The molecule has 166 valence electrons. The molecule has 1 aliphatic heterocycles. The number of rotatable bonds is 5. The maximum Gasteiger partial charge on any atom is 0.256 e. The minimum absolute atomic E-state index is 0.00882. The molecule has 0 spiro atoms. The van der Waals surface area contributed by atoms with Crippen molar-refractivity contribution in [1.29, 1.82) is 0 Å². The van der Waals surface area contributed by atoms with Crippen LogP contribution in [0.25, 0.3) is 0 Å². The Balaban J connectivity index is 1.59. The molecule has 0 radical (unpaired) electrons. The fraction of sp³-hybridized carbons (Fsp3) is 0.320. The minimum atomic E-state index is -0.00882. The van der Waals surface area contributed by atoms with Crippen LogP contribution in [-0.2, 0) is 0 Å². The summed E-state index contributed by atoms with van der Waals surface area (Å²) in [6.07, 6.45) is 0. The molecular formula is C25H29N5O2. The molecule has 1 atom stereocenters. The Labute approximate surface area is 189 Å². The van der Waals surface area contributed by atoms with E-state index in [1.807, 2.05) is 67.3 Å². The highest BCUT2D eigenvalue weighted by atomic mass is 16.5. The van der Waals surface area contributed by atoms with Crippen LogP contribution in [0.2, 0.25) is 0 Å². The largest absolute Gasteiger partial charge is 0.496 e. The summed E-state index contributed by atoms with van der Waals surface area (Å²) >= 11 is 0. The molecule has 7 heteroatoms. The number of amides is 1. The van der Waals surface area contributed by atoms with Crippen LogP contribution in [0.4, 0.5) is 11.6 Å². The van der Waals surface area contributed by atoms with Crippen LogP contribution in [0.1, 0.15) is 33.4 Å². The minimum Gasteiger partial charge on any atom is -0.496 e. The van der Waals surface area contributed by atoms with Crippen molar-refractivity contribution in [2.75, 3.05) is 39.1 Å². The fourth-order valence-corrected chi connectivity index (χ4v) is 4.19. The van der Waals surface area contributed by atoms with Crippen LogP contribution in [0.5, 0.6) is 5.75 Å². The van der Waals surface area contributed by atoms with E-state index < -0.39 is 0 Å². The van der Waals surface area contributed by atoms with Gasteiger partial charge >= 0.3 is 0 Å². The summed E-state index contributed by atoms with van der Waals surface area (Å²) in [5, 5.41) is 3.24. The van der Waals surface area contributed by atoms with Gasteiger partial charge in [0.25, 0.3) is 5.91 Å². The maximum absolute atomic E-state index is 13.6. The van der Waals surface area contributed by atoms with Gasteiger partial charge in [-0.2, -0.15) is 0 Å². The first-order valence-electron chi connectivity index (χ1n) is 10.8. The van der Waals surface area contributed by atoms with Crippen molar-refractivity contribution in [3.8, 4) is 5.75 Å². The van der Waals surface area contributed by atoms with Gasteiger partial charge in [-0.1, -0.05) is 30.3 Å².